The molecular formula is C20H18BrN3O2S. The summed E-state index contributed by atoms with van der Waals surface area (Å²) in [6.45, 7) is 3.14. The second kappa shape index (κ2) is 7.70. The number of thiazole rings is 1. The van der Waals surface area contributed by atoms with E-state index in [9.17, 15) is 0 Å². The lowest BCUT2D eigenvalue weighted by Crippen LogP contribution is -2.16. The highest BCUT2D eigenvalue weighted by atomic mass is 79.9. The fourth-order valence-corrected chi connectivity index (χ4v) is 3.90. The maximum absolute atomic E-state index is 5.69. The van der Waals surface area contributed by atoms with Gasteiger partial charge in [0.25, 0.3) is 0 Å². The summed E-state index contributed by atoms with van der Waals surface area (Å²) in [7, 11) is 1.78. The van der Waals surface area contributed by atoms with Crippen molar-refractivity contribution in [1.29, 1.82) is 0 Å². The van der Waals surface area contributed by atoms with E-state index in [2.05, 4.69) is 38.4 Å². The molecule has 0 unspecified atom stereocenters. The number of benzene rings is 2. The van der Waals surface area contributed by atoms with Crippen LogP contribution in [-0.4, -0.2) is 30.6 Å². The van der Waals surface area contributed by atoms with Crippen LogP contribution in [0.25, 0.3) is 11.3 Å². The van der Waals surface area contributed by atoms with E-state index in [0.29, 0.717) is 13.2 Å². The second-order valence-corrected chi connectivity index (χ2v) is 7.74. The fraction of sp³-hybridized carbons (Fsp3) is 0.200. The van der Waals surface area contributed by atoms with E-state index >= 15 is 0 Å². The SMILES string of the molecule is CN=c1scc(-c2ccc(Br)cc2)n1N=C(C)c1ccc2c(c1)OCCO2. The minimum atomic E-state index is 0.568. The van der Waals surface area contributed by atoms with Crippen LogP contribution < -0.4 is 14.3 Å². The lowest BCUT2D eigenvalue weighted by atomic mass is 10.1. The lowest BCUT2D eigenvalue weighted by molar-refractivity contribution is 0.171. The van der Waals surface area contributed by atoms with Gasteiger partial charge in [-0.1, -0.05) is 28.1 Å². The molecule has 4 rings (SSSR count). The van der Waals surface area contributed by atoms with Gasteiger partial charge >= 0.3 is 0 Å². The van der Waals surface area contributed by atoms with Crippen LogP contribution in [0.4, 0.5) is 0 Å². The summed E-state index contributed by atoms with van der Waals surface area (Å²) >= 11 is 5.05. The Bertz CT molecular complexity index is 1070. The molecule has 0 atom stereocenters. The van der Waals surface area contributed by atoms with Crippen LogP contribution in [-0.2, 0) is 0 Å². The number of aromatic nitrogens is 1. The van der Waals surface area contributed by atoms with Gasteiger partial charge in [-0.2, -0.15) is 5.10 Å². The van der Waals surface area contributed by atoms with E-state index in [1.54, 1.807) is 18.4 Å². The van der Waals surface area contributed by atoms with Crippen LogP contribution in [0.1, 0.15) is 12.5 Å². The highest BCUT2D eigenvalue weighted by Crippen LogP contribution is 2.31. The fourth-order valence-electron chi connectivity index (χ4n) is 2.84. The zero-order valence-electron chi connectivity index (χ0n) is 15.0. The smallest absolute Gasteiger partial charge is 0.205 e. The zero-order chi connectivity index (χ0) is 18.8. The summed E-state index contributed by atoms with van der Waals surface area (Å²) in [5, 5.41) is 6.93. The molecule has 1 aliphatic heterocycles. The average Bonchev–Trinajstić information content (AvgIpc) is 3.10. The van der Waals surface area contributed by atoms with E-state index < -0.39 is 0 Å². The molecule has 0 radical (unpaired) electrons. The Morgan fingerprint density at radius 2 is 1.81 bits per heavy atom. The van der Waals surface area contributed by atoms with Gasteiger partial charge < -0.3 is 9.47 Å². The molecule has 2 aromatic carbocycles. The minimum Gasteiger partial charge on any atom is -0.486 e. The standard InChI is InChI=1S/C20H18BrN3O2S/c1-13(15-5-8-18-19(11-15)26-10-9-25-18)23-24-17(12-27-20(24)22-2)14-3-6-16(21)7-4-14/h3-8,11-12H,9-10H2,1-2H3. The molecule has 0 N–H and O–H groups in total. The molecule has 5 nitrogen and oxygen atoms in total. The van der Waals surface area contributed by atoms with Gasteiger partial charge in [0.15, 0.2) is 11.5 Å². The van der Waals surface area contributed by atoms with Crippen molar-refractivity contribution in [3.8, 4) is 22.8 Å². The molecule has 7 heteroatoms. The summed E-state index contributed by atoms with van der Waals surface area (Å²) in [6.07, 6.45) is 0. The number of nitrogens with zero attached hydrogens (tertiary/aromatic N) is 3. The molecule has 0 saturated heterocycles. The number of ether oxygens (including phenoxy) is 2. The first-order valence-electron chi connectivity index (χ1n) is 8.50. The normalized spacial score (nSPS) is 14.5. The zero-order valence-corrected chi connectivity index (χ0v) is 17.4. The molecule has 0 aliphatic carbocycles. The van der Waals surface area contributed by atoms with Crippen LogP contribution >= 0.6 is 27.3 Å². The van der Waals surface area contributed by atoms with Crippen LogP contribution in [0, 0.1) is 0 Å². The first-order valence-corrected chi connectivity index (χ1v) is 10.2. The lowest BCUT2D eigenvalue weighted by Gasteiger charge is -2.18. The number of halogens is 1. The van der Waals surface area contributed by atoms with Crippen molar-refractivity contribution in [2.24, 2.45) is 10.1 Å². The van der Waals surface area contributed by atoms with E-state index in [1.165, 1.54) is 0 Å². The Morgan fingerprint density at radius 3 is 2.56 bits per heavy atom. The monoisotopic (exact) mass is 443 g/mol. The summed E-state index contributed by atoms with van der Waals surface area (Å²) < 4.78 is 14.2. The van der Waals surface area contributed by atoms with Crippen LogP contribution in [0.15, 0.2) is 62.4 Å². The number of fused-ring (bicyclic) bond motifs is 1. The van der Waals surface area contributed by atoms with Crippen molar-refractivity contribution >= 4 is 33.0 Å². The largest absolute Gasteiger partial charge is 0.486 e. The minimum absolute atomic E-state index is 0.568. The molecular weight excluding hydrogens is 426 g/mol. The molecule has 27 heavy (non-hydrogen) atoms. The van der Waals surface area contributed by atoms with Crippen molar-refractivity contribution in [3.63, 3.8) is 0 Å². The molecule has 0 amide bonds. The highest BCUT2D eigenvalue weighted by molar-refractivity contribution is 9.10. The van der Waals surface area contributed by atoms with Gasteiger partial charge in [-0.25, -0.2) is 4.68 Å². The Balaban J connectivity index is 1.77. The van der Waals surface area contributed by atoms with Crippen LogP contribution in [0.3, 0.4) is 0 Å². The molecule has 1 aliphatic rings. The average molecular weight is 444 g/mol. The first kappa shape index (κ1) is 18.0. The van der Waals surface area contributed by atoms with Gasteiger partial charge in [0, 0.05) is 28.0 Å². The van der Waals surface area contributed by atoms with Crippen LogP contribution in [0.2, 0.25) is 0 Å². The van der Waals surface area contributed by atoms with E-state index in [4.69, 9.17) is 14.6 Å². The van der Waals surface area contributed by atoms with Crippen molar-refractivity contribution in [2.75, 3.05) is 20.3 Å². The van der Waals surface area contributed by atoms with Gasteiger partial charge in [-0.05, 0) is 37.3 Å². The van der Waals surface area contributed by atoms with Crippen molar-refractivity contribution in [2.45, 2.75) is 6.92 Å². The molecule has 1 aromatic heterocycles. The number of hydrogen-bond acceptors (Lipinski definition) is 5. The number of hydrogen-bond donors (Lipinski definition) is 0. The Hall–Kier alpha value is -2.38. The van der Waals surface area contributed by atoms with E-state index in [0.717, 1.165) is 43.3 Å². The molecule has 138 valence electrons. The predicted octanol–water partition coefficient (Wildman–Crippen LogP) is 4.55. The summed E-state index contributed by atoms with van der Waals surface area (Å²) in [4.78, 5) is 5.21. The summed E-state index contributed by atoms with van der Waals surface area (Å²) in [5.41, 5.74) is 3.95. The Morgan fingerprint density at radius 1 is 1.07 bits per heavy atom. The van der Waals surface area contributed by atoms with Gasteiger partial charge in [0.2, 0.25) is 4.80 Å². The topological polar surface area (TPSA) is 48.1 Å². The second-order valence-electron chi connectivity index (χ2n) is 5.99. The van der Waals surface area contributed by atoms with Crippen molar-refractivity contribution in [1.82, 2.24) is 4.68 Å². The maximum atomic E-state index is 5.69. The van der Waals surface area contributed by atoms with Crippen molar-refractivity contribution in [3.05, 3.63) is 62.7 Å². The van der Waals surface area contributed by atoms with Gasteiger partial charge in [0.1, 0.15) is 13.2 Å². The van der Waals surface area contributed by atoms with Crippen molar-refractivity contribution < 1.29 is 9.47 Å². The third-order valence-electron chi connectivity index (χ3n) is 4.23. The predicted molar refractivity (Wildman–Crippen MR) is 112 cm³/mol. The maximum Gasteiger partial charge on any atom is 0.205 e. The molecule has 0 bridgehead atoms. The summed E-state index contributed by atoms with van der Waals surface area (Å²) in [6, 6.07) is 14.1. The quantitative estimate of drug-likeness (QED) is 0.557. The van der Waals surface area contributed by atoms with Gasteiger partial charge in [-0.3, -0.25) is 4.99 Å². The summed E-state index contributed by atoms with van der Waals surface area (Å²) in [5.74, 6) is 1.54. The Kier molecular flexibility index (Phi) is 5.13. The molecule has 3 aromatic rings. The molecule has 0 saturated carbocycles. The van der Waals surface area contributed by atoms with Crippen LogP contribution in [0.5, 0.6) is 11.5 Å². The third kappa shape index (κ3) is 3.70. The first-order chi connectivity index (χ1) is 13.2. The highest BCUT2D eigenvalue weighted by Gasteiger charge is 2.13. The van der Waals surface area contributed by atoms with E-state index in [1.807, 2.05) is 41.9 Å². The van der Waals surface area contributed by atoms with Gasteiger partial charge in [-0.15, -0.1) is 11.3 Å². The number of rotatable bonds is 3. The molecule has 0 fully saturated rings. The molecule has 2 heterocycles. The Labute approximate surface area is 169 Å². The molecule has 0 spiro atoms. The van der Waals surface area contributed by atoms with E-state index in [-0.39, 0.29) is 0 Å². The van der Waals surface area contributed by atoms with Gasteiger partial charge in [0.05, 0.1) is 11.4 Å². The third-order valence-corrected chi connectivity index (χ3v) is 5.66.